The van der Waals surface area contributed by atoms with Gasteiger partial charge >= 0.3 is 0 Å². The quantitative estimate of drug-likeness (QED) is 0.819. The lowest BCUT2D eigenvalue weighted by atomic mass is 10.0. The molecule has 1 aliphatic carbocycles. The Labute approximate surface area is 105 Å². The normalized spacial score (nSPS) is 14.6. The minimum Gasteiger partial charge on any atom is -0.328 e. The first-order valence-electron chi connectivity index (χ1n) is 5.84. The van der Waals surface area contributed by atoms with Crippen LogP contribution in [0.4, 0.5) is 0 Å². The zero-order valence-corrected chi connectivity index (χ0v) is 10.2. The first kappa shape index (κ1) is 10.7. The van der Waals surface area contributed by atoms with Crippen molar-refractivity contribution < 1.29 is 0 Å². The Morgan fingerprint density at radius 1 is 1.18 bits per heavy atom. The van der Waals surface area contributed by atoms with Gasteiger partial charge in [0.15, 0.2) is 5.15 Å². The molecule has 0 saturated heterocycles. The van der Waals surface area contributed by atoms with Crippen LogP contribution in [0.5, 0.6) is 0 Å². The highest BCUT2D eigenvalue weighted by molar-refractivity contribution is 6.29. The summed E-state index contributed by atoms with van der Waals surface area (Å²) in [6.07, 6.45) is 6.65. The van der Waals surface area contributed by atoms with Crippen molar-refractivity contribution in [2.24, 2.45) is 0 Å². The molecule has 17 heavy (non-hydrogen) atoms. The Morgan fingerprint density at radius 2 is 2.06 bits per heavy atom. The summed E-state index contributed by atoms with van der Waals surface area (Å²) in [5, 5.41) is 8.36. The molecule has 1 aliphatic rings. The Hall–Kier alpha value is -1.42. The number of fused-ring (bicyclic) bond motifs is 1. The molecule has 0 N–H and O–H groups in total. The molecule has 2 aromatic rings. The zero-order valence-electron chi connectivity index (χ0n) is 9.43. The molecule has 0 aromatic carbocycles. The molecule has 0 bridgehead atoms. The van der Waals surface area contributed by atoms with E-state index in [0.29, 0.717) is 5.15 Å². The molecule has 0 aliphatic heterocycles. The maximum atomic E-state index is 5.72. The highest BCUT2D eigenvalue weighted by Crippen LogP contribution is 2.20. The number of rotatable bonds is 2. The third kappa shape index (κ3) is 2.17. The molecule has 3 rings (SSSR count). The molecule has 2 aromatic heterocycles. The largest absolute Gasteiger partial charge is 0.328 e. The smallest absolute Gasteiger partial charge is 0.151 e. The molecule has 0 spiro atoms. The second-order valence-corrected chi connectivity index (χ2v) is 4.71. The van der Waals surface area contributed by atoms with Crippen molar-refractivity contribution in [3.8, 4) is 0 Å². The van der Waals surface area contributed by atoms with Crippen LogP contribution in [-0.4, -0.2) is 19.7 Å². The van der Waals surface area contributed by atoms with Gasteiger partial charge in [0.2, 0.25) is 0 Å². The molecule has 4 nitrogen and oxygen atoms in total. The topological polar surface area (TPSA) is 43.6 Å². The molecule has 0 unspecified atom stereocenters. The van der Waals surface area contributed by atoms with Crippen LogP contribution in [0.15, 0.2) is 18.5 Å². The summed E-state index contributed by atoms with van der Waals surface area (Å²) in [5.41, 5.74) is 3.52. The van der Waals surface area contributed by atoms with Gasteiger partial charge in [-0.05, 0) is 37.8 Å². The summed E-state index contributed by atoms with van der Waals surface area (Å²) in [6, 6.07) is 3.68. The lowest BCUT2D eigenvalue weighted by Crippen LogP contribution is -2.10. The molecular formula is C12H13ClN4. The van der Waals surface area contributed by atoms with Crippen LogP contribution >= 0.6 is 11.6 Å². The average molecular weight is 249 g/mol. The summed E-state index contributed by atoms with van der Waals surface area (Å²) in [4.78, 5) is 4.46. The van der Waals surface area contributed by atoms with E-state index in [4.69, 9.17) is 11.6 Å². The van der Waals surface area contributed by atoms with Crippen molar-refractivity contribution in [3.05, 3.63) is 40.7 Å². The SMILES string of the molecule is Clc1ccc(Cn2cnc3c2CCCC3)nn1. The van der Waals surface area contributed by atoms with E-state index in [1.165, 1.54) is 24.2 Å². The first-order chi connectivity index (χ1) is 8.33. The van der Waals surface area contributed by atoms with Gasteiger partial charge in [0.1, 0.15) is 0 Å². The van der Waals surface area contributed by atoms with Gasteiger partial charge in [-0.3, -0.25) is 0 Å². The van der Waals surface area contributed by atoms with E-state index >= 15 is 0 Å². The van der Waals surface area contributed by atoms with E-state index in [0.717, 1.165) is 25.1 Å². The van der Waals surface area contributed by atoms with Gasteiger partial charge < -0.3 is 4.57 Å². The van der Waals surface area contributed by atoms with Gasteiger partial charge in [-0.25, -0.2) is 4.98 Å². The van der Waals surface area contributed by atoms with E-state index in [9.17, 15) is 0 Å². The number of imidazole rings is 1. The van der Waals surface area contributed by atoms with Crippen molar-refractivity contribution in [3.63, 3.8) is 0 Å². The minimum absolute atomic E-state index is 0.432. The maximum Gasteiger partial charge on any atom is 0.151 e. The van der Waals surface area contributed by atoms with Crippen LogP contribution in [0.1, 0.15) is 29.9 Å². The standard InChI is InChI=1S/C12H13ClN4/c13-12-6-5-9(15-16-12)7-17-8-14-10-3-1-2-4-11(10)17/h5-6,8H,1-4,7H2. The maximum absolute atomic E-state index is 5.72. The number of nitrogens with zero attached hydrogens (tertiary/aromatic N) is 4. The Kier molecular flexibility index (Phi) is 2.81. The Balaban J connectivity index is 1.85. The fraction of sp³-hybridized carbons (Fsp3) is 0.417. The molecule has 88 valence electrons. The fourth-order valence-corrected chi connectivity index (χ4v) is 2.37. The third-order valence-electron chi connectivity index (χ3n) is 3.13. The summed E-state index contributed by atoms with van der Waals surface area (Å²) in [6.45, 7) is 0.729. The van der Waals surface area contributed by atoms with Gasteiger partial charge in [0.25, 0.3) is 0 Å². The predicted molar refractivity (Wildman–Crippen MR) is 65.0 cm³/mol. The van der Waals surface area contributed by atoms with Crippen molar-refractivity contribution in [2.75, 3.05) is 0 Å². The molecule has 0 fully saturated rings. The highest BCUT2D eigenvalue weighted by atomic mass is 35.5. The van der Waals surface area contributed by atoms with Gasteiger partial charge in [-0.15, -0.1) is 5.10 Å². The third-order valence-corrected chi connectivity index (χ3v) is 3.33. The summed E-state index contributed by atoms with van der Waals surface area (Å²) >= 11 is 5.72. The minimum atomic E-state index is 0.432. The van der Waals surface area contributed by atoms with Gasteiger partial charge in [0.05, 0.1) is 24.3 Å². The number of hydrogen-bond acceptors (Lipinski definition) is 3. The number of aryl methyl sites for hydroxylation is 1. The van der Waals surface area contributed by atoms with E-state index in [1.807, 2.05) is 12.4 Å². The van der Waals surface area contributed by atoms with Crippen molar-refractivity contribution >= 4 is 11.6 Å². The van der Waals surface area contributed by atoms with E-state index in [-0.39, 0.29) is 0 Å². The Bertz CT molecular complexity index is 518. The number of hydrogen-bond donors (Lipinski definition) is 0. The van der Waals surface area contributed by atoms with Crippen molar-refractivity contribution in [1.82, 2.24) is 19.7 Å². The van der Waals surface area contributed by atoms with Crippen molar-refractivity contribution in [1.29, 1.82) is 0 Å². The molecule has 0 amide bonds. The van der Waals surface area contributed by atoms with E-state index < -0.39 is 0 Å². The summed E-state index contributed by atoms with van der Waals surface area (Å²) in [7, 11) is 0. The average Bonchev–Trinajstić information content (AvgIpc) is 2.76. The molecule has 5 heteroatoms. The number of aromatic nitrogens is 4. The van der Waals surface area contributed by atoms with Crippen LogP contribution in [0.2, 0.25) is 5.15 Å². The van der Waals surface area contributed by atoms with Crippen LogP contribution < -0.4 is 0 Å². The monoisotopic (exact) mass is 248 g/mol. The van der Waals surface area contributed by atoms with Gasteiger partial charge in [-0.1, -0.05) is 11.6 Å². The first-order valence-corrected chi connectivity index (χ1v) is 6.22. The number of halogens is 1. The van der Waals surface area contributed by atoms with E-state index in [1.54, 1.807) is 6.07 Å². The highest BCUT2D eigenvalue weighted by Gasteiger charge is 2.15. The Morgan fingerprint density at radius 3 is 2.88 bits per heavy atom. The van der Waals surface area contributed by atoms with Crippen LogP contribution in [0.3, 0.4) is 0 Å². The zero-order chi connectivity index (χ0) is 11.7. The summed E-state index contributed by atoms with van der Waals surface area (Å²) in [5.74, 6) is 0. The fourth-order valence-electron chi connectivity index (χ4n) is 2.27. The molecule has 2 heterocycles. The van der Waals surface area contributed by atoms with Crippen LogP contribution in [0.25, 0.3) is 0 Å². The van der Waals surface area contributed by atoms with Gasteiger partial charge in [-0.2, -0.15) is 5.10 Å². The lowest BCUT2D eigenvalue weighted by Gasteiger charge is -2.13. The molecule has 0 atom stereocenters. The molecule has 0 radical (unpaired) electrons. The summed E-state index contributed by atoms with van der Waals surface area (Å²) < 4.78 is 2.17. The predicted octanol–water partition coefficient (Wildman–Crippen LogP) is 2.25. The second kappa shape index (κ2) is 4.45. The second-order valence-electron chi connectivity index (χ2n) is 4.32. The molecular weight excluding hydrogens is 236 g/mol. The van der Waals surface area contributed by atoms with Gasteiger partial charge in [0, 0.05) is 5.69 Å². The van der Waals surface area contributed by atoms with Crippen LogP contribution in [0, 0.1) is 0 Å². The van der Waals surface area contributed by atoms with Crippen LogP contribution in [-0.2, 0) is 19.4 Å². The molecule has 0 saturated carbocycles. The lowest BCUT2D eigenvalue weighted by molar-refractivity contribution is 0.622. The van der Waals surface area contributed by atoms with E-state index in [2.05, 4.69) is 19.7 Å². The van der Waals surface area contributed by atoms with Crippen molar-refractivity contribution in [2.45, 2.75) is 32.2 Å².